The number of carboxylic acids is 1. The largest absolute Gasteiger partial charge is 0.488 e. The van der Waals surface area contributed by atoms with Crippen LogP contribution in [0.3, 0.4) is 0 Å². The molecule has 2 aliphatic rings. The van der Waals surface area contributed by atoms with Gasteiger partial charge in [0.1, 0.15) is 23.8 Å². The first-order chi connectivity index (χ1) is 20.6. The van der Waals surface area contributed by atoms with Gasteiger partial charge in [-0.1, -0.05) is 57.3 Å². The number of anilines is 1. The molecule has 4 rings (SSSR count). The molecule has 1 aromatic carbocycles. The highest BCUT2D eigenvalue weighted by Crippen LogP contribution is 2.36. The summed E-state index contributed by atoms with van der Waals surface area (Å²) in [6, 6.07) is 12.5. The minimum Gasteiger partial charge on any atom is -0.488 e. The fourth-order valence-corrected chi connectivity index (χ4v) is 5.78. The van der Waals surface area contributed by atoms with Crippen LogP contribution in [0.15, 0.2) is 78.4 Å². The zero-order valence-corrected chi connectivity index (χ0v) is 25.5. The third kappa shape index (κ3) is 7.42. The predicted octanol–water partition coefficient (Wildman–Crippen LogP) is 6.05. The van der Waals surface area contributed by atoms with Gasteiger partial charge in [-0.15, -0.1) is 0 Å². The number of rotatable bonds is 12. The van der Waals surface area contributed by atoms with Crippen LogP contribution in [0.5, 0.6) is 0 Å². The molecule has 43 heavy (non-hydrogen) atoms. The quantitative estimate of drug-likeness (QED) is 0.119. The van der Waals surface area contributed by atoms with E-state index >= 15 is 0 Å². The molecule has 2 aliphatic heterocycles. The summed E-state index contributed by atoms with van der Waals surface area (Å²) in [5.41, 5.74) is 5.39. The molecule has 0 unspecified atom stereocenters. The summed E-state index contributed by atoms with van der Waals surface area (Å²) in [6.07, 6.45) is 4.56. The van der Waals surface area contributed by atoms with Crippen LogP contribution >= 0.6 is 0 Å². The van der Waals surface area contributed by atoms with Crippen molar-refractivity contribution in [2.24, 2.45) is 0 Å². The lowest BCUT2D eigenvalue weighted by atomic mass is 9.77. The summed E-state index contributed by atoms with van der Waals surface area (Å²) in [6.45, 7) is 18.6. The van der Waals surface area contributed by atoms with Gasteiger partial charge in [0, 0.05) is 49.5 Å². The van der Waals surface area contributed by atoms with Gasteiger partial charge in [0.25, 0.3) is 0 Å². The van der Waals surface area contributed by atoms with E-state index in [1.807, 2.05) is 13.0 Å². The number of allylic oxidation sites excluding steroid dienone is 3. The standard InChI is InChI=1S/C34H42N4O5/c1-7-26(29-9-8-10-30(36-29)37-32(41-6)27(18-35)33(39)40)31(22(2)3)43-20-23-11-12-24-19-38(25-13-15-42-16-14-25)21-34(4,5)28(24)17-23/h7-12,17-18,25,35H,1-2,13-16,19-21H2,3-6H3,(H,36,37)(H,39,40)/b31-26-,32-27-,35-18?. The smallest absolute Gasteiger partial charge is 0.342 e. The lowest BCUT2D eigenvalue weighted by molar-refractivity contribution is -0.132. The molecular formula is C34H42N4O5. The van der Waals surface area contributed by atoms with Crippen molar-refractivity contribution in [2.75, 3.05) is 32.2 Å². The maximum absolute atomic E-state index is 11.5. The number of hydrogen-bond acceptors (Lipinski definition) is 8. The molecule has 1 fully saturated rings. The van der Waals surface area contributed by atoms with Crippen molar-refractivity contribution in [1.29, 1.82) is 5.41 Å². The number of hydrogen-bond donors (Lipinski definition) is 3. The van der Waals surface area contributed by atoms with Crippen molar-refractivity contribution in [3.05, 3.63) is 101 Å². The van der Waals surface area contributed by atoms with Crippen molar-refractivity contribution in [3.63, 3.8) is 0 Å². The SMILES string of the molecule is C=C/C(=C(/OCc1ccc2c(c1)C(C)(C)CN(C1CCOCC1)C2)C(=C)C)c1cccc(N/C(OC)=C(\C=N)C(=O)O)n1. The summed E-state index contributed by atoms with van der Waals surface area (Å²) in [4.78, 5) is 18.7. The molecule has 9 nitrogen and oxygen atoms in total. The molecule has 228 valence electrons. The van der Waals surface area contributed by atoms with E-state index in [0.29, 0.717) is 41.7 Å². The molecule has 1 aromatic heterocycles. The molecule has 0 bridgehead atoms. The van der Waals surface area contributed by atoms with Crippen LogP contribution in [-0.2, 0) is 37.6 Å². The molecule has 0 atom stereocenters. The Balaban J connectivity index is 1.57. The van der Waals surface area contributed by atoms with Crippen molar-refractivity contribution in [3.8, 4) is 0 Å². The first-order valence-corrected chi connectivity index (χ1v) is 14.4. The van der Waals surface area contributed by atoms with E-state index in [9.17, 15) is 9.90 Å². The number of fused-ring (bicyclic) bond motifs is 1. The van der Waals surface area contributed by atoms with Crippen LogP contribution in [-0.4, -0.2) is 60.1 Å². The first kappa shape index (κ1) is 31.7. The third-order valence-electron chi connectivity index (χ3n) is 7.89. The second kappa shape index (κ2) is 13.8. The maximum atomic E-state index is 11.5. The van der Waals surface area contributed by atoms with E-state index in [2.05, 4.69) is 60.4 Å². The molecular weight excluding hydrogens is 544 g/mol. The van der Waals surface area contributed by atoms with E-state index in [1.165, 1.54) is 18.2 Å². The Morgan fingerprint density at radius 2 is 2.02 bits per heavy atom. The van der Waals surface area contributed by atoms with Crippen LogP contribution in [0, 0.1) is 5.41 Å². The number of aromatic nitrogens is 1. The highest BCUT2D eigenvalue weighted by molar-refractivity contribution is 6.08. The lowest BCUT2D eigenvalue weighted by Crippen LogP contribution is -2.48. The molecule has 1 saturated heterocycles. The average Bonchev–Trinajstić information content (AvgIpc) is 2.99. The summed E-state index contributed by atoms with van der Waals surface area (Å²) >= 11 is 0. The zero-order chi connectivity index (χ0) is 31.1. The lowest BCUT2D eigenvalue weighted by Gasteiger charge is -2.44. The number of methoxy groups -OCH3 is 1. The van der Waals surface area contributed by atoms with Crippen LogP contribution in [0.4, 0.5) is 5.82 Å². The molecule has 3 N–H and O–H groups in total. The fraction of sp³-hybridized carbons (Fsp3) is 0.382. The first-order valence-electron chi connectivity index (χ1n) is 14.4. The number of nitrogens with zero attached hydrogens (tertiary/aromatic N) is 2. The second-order valence-electron chi connectivity index (χ2n) is 11.6. The Hall–Kier alpha value is -4.21. The van der Waals surface area contributed by atoms with Crippen molar-refractivity contribution < 1.29 is 24.1 Å². The van der Waals surface area contributed by atoms with E-state index in [0.717, 1.165) is 50.3 Å². The van der Waals surface area contributed by atoms with Gasteiger partial charge in [-0.3, -0.25) is 4.90 Å². The molecule has 0 radical (unpaired) electrons. The molecule has 0 saturated carbocycles. The van der Waals surface area contributed by atoms with Crippen LogP contribution in [0.2, 0.25) is 0 Å². The molecule has 0 spiro atoms. The summed E-state index contributed by atoms with van der Waals surface area (Å²) < 4.78 is 17.2. The minimum atomic E-state index is -1.29. The number of benzene rings is 1. The highest BCUT2D eigenvalue weighted by Gasteiger charge is 2.35. The molecule has 3 heterocycles. The van der Waals surface area contributed by atoms with Gasteiger partial charge < -0.3 is 30.0 Å². The summed E-state index contributed by atoms with van der Waals surface area (Å²) in [5.74, 6) is -0.487. The zero-order valence-electron chi connectivity index (χ0n) is 25.5. The number of ether oxygens (including phenoxy) is 3. The van der Waals surface area contributed by atoms with Gasteiger partial charge in [-0.05, 0) is 54.2 Å². The van der Waals surface area contributed by atoms with E-state index < -0.39 is 5.97 Å². The number of carboxylic acid groups (broad SMARTS) is 1. The van der Waals surface area contributed by atoms with E-state index in [4.69, 9.17) is 19.6 Å². The third-order valence-corrected chi connectivity index (χ3v) is 7.89. The van der Waals surface area contributed by atoms with Gasteiger partial charge >= 0.3 is 5.97 Å². The molecule has 0 amide bonds. The summed E-state index contributed by atoms with van der Waals surface area (Å²) in [5, 5.41) is 19.6. The van der Waals surface area contributed by atoms with Gasteiger partial charge in [-0.2, -0.15) is 0 Å². The monoisotopic (exact) mass is 586 g/mol. The number of aliphatic carboxylic acids is 1. The topological polar surface area (TPSA) is 117 Å². The number of carbonyl (C=O) groups is 1. The Morgan fingerprint density at radius 3 is 2.65 bits per heavy atom. The Morgan fingerprint density at radius 1 is 1.28 bits per heavy atom. The Bertz CT molecular complexity index is 1450. The van der Waals surface area contributed by atoms with Gasteiger partial charge in [0.15, 0.2) is 0 Å². The van der Waals surface area contributed by atoms with Crippen molar-refractivity contribution in [1.82, 2.24) is 9.88 Å². The fourth-order valence-electron chi connectivity index (χ4n) is 5.78. The number of pyridine rings is 1. The summed E-state index contributed by atoms with van der Waals surface area (Å²) in [7, 11) is 1.32. The van der Waals surface area contributed by atoms with Crippen LogP contribution in [0.25, 0.3) is 5.57 Å². The van der Waals surface area contributed by atoms with Gasteiger partial charge in [0.05, 0.1) is 12.8 Å². The maximum Gasteiger partial charge on any atom is 0.342 e. The minimum absolute atomic E-state index is 0.00624. The number of nitrogens with one attached hydrogen (secondary N) is 2. The second-order valence-corrected chi connectivity index (χ2v) is 11.6. The van der Waals surface area contributed by atoms with E-state index in [-0.39, 0.29) is 16.9 Å². The Labute approximate surface area is 254 Å². The molecule has 9 heteroatoms. The normalized spacial score (nSPS) is 18.0. The Kier molecular flexibility index (Phi) is 10.2. The van der Waals surface area contributed by atoms with Crippen LogP contribution < -0.4 is 5.32 Å². The van der Waals surface area contributed by atoms with Crippen molar-refractivity contribution in [2.45, 2.75) is 58.2 Å². The van der Waals surface area contributed by atoms with Crippen molar-refractivity contribution >= 4 is 23.6 Å². The van der Waals surface area contributed by atoms with E-state index in [1.54, 1.807) is 18.2 Å². The van der Waals surface area contributed by atoms with Gasteiger partial charge in [0.2, 0.25) is 5.88 Å². The predicted molar refractivity (Wildman–Crippen MR) is 169 cm³/mol. The average molecular weight is 587 g/mol. The highest BCUT2D eigenvalue weighted by atomic mass is 16.5. The van der Waals surface area contributed by atoms with Crippen LogP contribution in [0.1, 0.15) is 56.0 Å². The molecule has 2 aromatic rings. The molecule has 0 aliphatic carbocycles. The van der Waals surface area contributed by atoms with Gasteiger partial charge in [-0.25, -0.2) is 9.78 Å².